The first kappa shape index (κ1) is 24.0. The fourth-order valence-electron chi connectivity index (χ4n) is 4.33. The lowest BCUT2D eigenvalue weighted by Gasteiger charge is -2.28. The Morgan fingerprint density at radius 1 is 0.781 bits per heavy atom. The van der Waals surface area contributed by atoms with Crippen molar-refractivity contribution in [3.8, 4) is 0 Å². The van der Waals surface area contributed by atoms with E-state index in [2.05, 4.69) is 123 Å². The molecule has 0 spiro atoms. The quantitative estimate of drug-likeness (QED) is 0.369. The zero-order chi connectivity index (χ0) is 23.7. The first-order chi connectivity index (χ1) is 14.9. The highest BCUT2D eigenvalue weighted by molar-refractivity contribution is 5.85. The van der Waals surface area contributed by atoms with Crippen molar-refractivity contribution in [2.75, 3.05) is 0 Å². The van der Waals surface area contributed by atoms with Crippen molar-refractivity contribution in [2.45, 2.75) is 79.6 Å². The second kappa shape index (κ2) is 9.06. The third kappa shape index (κ3) is 5.38. The Bertz CT molecular complexity index is 1120. The molecule has 0 fully saturated rings. The molecule has 3 aromatic carbocycles. The van der Waals surface area contributed by atoms with Gasteiger partial charge in [-0.15, -0.1) is 0 Å². The number of hydrogen-bond donors (Lipinski definition) is 0. The predicted octanol–water partition coefficient (Wildman–Crippen LogP) is 8.79. The SMILES string of the molecule is Cc1cccc(C)c1Cc1ccccc1N=Cc1cc(C(C)(C)C)cc(C(C)(C)C)c1C.[HH]. The van der Waals surface area contributed by atoms with Crippen LogP contribution in [0.3, 0.4) is 0 Å². The molecule has 1 nitrogen and oxygen atoms in total. The summed E-state index contributed by atoms with van der Waals surface area (Å²) in [4.78, 5) is 5.01. The van der Waals surface area contributed by atoms with Gasteiger partial charge in [0.2, 0.25) is 0 Å². The Morgan fingerprint density at radius 2 is 1.41 bits per heavy atom. The fraction of sp³-hybridized carbons (Fsp3) is 0.387. The van der Waals surface area contributed by atoms with Crippen LogP contribution in [0.15, 0.2) is 59.6 Å². The summed E-state index contributed by atoms with van der Waals surface area (Å²) in [6, 6.07) is 19.8. The van der Waals surface area contributed by atoms with Gasteiger partial charge in [-0.05, 0) is 88.2 Å². The average molecular weight is 428 g/mol. The Balaban J connectivity index is 0.00000385. The molecule has 0 saturated heterocycles. The third-order valence-electron chi connectivity index (χ3n) is 6.47. The molecular weight excluding hydrogens is 386 g/mol. The van der Waals surface area contributed by atoms with E-state index in [-0.39, 0.29) is 12.3 Å². The van der Waals surface area contributed by atoms with Gasteiger partial charge >= 0.3 is 0 Å². The van der Waals surface area contributed by atoms with Crippen molar-refractivity contribution >= 4 is 11.9 Å². The molecule has 0 saturated carbocycles. The van der Waals surface area contributed by atoms with Crippen LogP contribution in [0.1, 0.15) is 87.5 Å². The van der Waals surface area contributed by atoms with E-state index in [4.69, 9.17) is 4.99 Å². The number of aryl methyl sites for hydroxylation is 2. The highest BCUT2D eigenvalue weighted by atomic mass is 14.7. The maximum atomic E-state index is 5.01. The highest BCUT2D eigenvalue weighted by Gasteiger charge is 2.22. The largest absolute Gasteiger partial charge is 0.256 e. The zero-order valence-electron chi connectivity index (χ0n) is 21.4. The molecule has 0 aliphatic heterocycles. The smallest absolute Gasteiger partial charge is 0.0665 e. The molecule has 0 bridgehead atoms. The summed E-state index contributed by atoms with van der Waals surface area (Å²) >= 11 is 0. The van der Waals surface area contributed by atoms with Crippen molar-refractivity contribution in [1.29, 1.82) is 0 Å². The number of aliphatic imine (C=N–C) groups is 1. The molecule has 0 aliphatic rings. The first-order valence-electron chi connectivity index (χ1n) is 11.7. The second-order valence-corrected chi connectivity index (χ2v) is 11.2. The monoisotopic (exact) mass is 427 g/mol. The van der Waals surface area contributed by atoms with Crippen LogP contribution in [0.4, 0.5) is 5.69 Å². The van der Waals surface area contributed by atoms with Crippen molar-refractivity contribution in [1.82, 2.24) is 0 Å². The molecule has 1 heteroatoms. The lowest BCUT2D eigenvalue weighted by atomic mass is 9.77. The minimum absolute atomic E-state index is 0. The van der Waals surface area contributed by atoms with Crippen LogP contribution in [-0.4, -0.2) is 6.21 Å². The van der Waals surface area contributed by atoms with Gasteiger partial charge in [0.05, 0.1) is 5.69 Å². The van der Waals surface area contributed by atoms with Crippen LogP contribution < -0.4 is 0 Å². The van der Waals surface area contributed by atoms with Crippen LogP contribution >= 0.6 is 0 Å². The van der Waals surface area contributed by atoms with Gasteiger partial charge in [0.15, 0.2) is 0 Å². The summed E-state index contributed by atoms with van der Waals surface area (Å²) in [5.74, 6) is 0. The molecule has 0 heterocycles. The van der Waals surface area contributed by atoms with E-state index >= 15 is 0 Å². The van der Waals surface area contributed by atoms with E-state index in [0.717, 1.165) is 12.1 Å². The molecule has 32 heavy (non-hydrogen) atoms. The summed E-state index contributed by atoms with van der Waals surface area (Å²) in [5.41, 5.74) is 11.9. The van der Waals surface area contributed by atoms with E-state index in [1.54, 1.807) is 0 Å². The molecule has 0 N–H and O–H groups in total. The van der Waals surface area contributed by atoms with Crippen molar-refractivity contribution in [3.63, 3.8) is 0 Å². The first-order valence-corrected chi connectivity index (χ1v) is 11.7. The van der Waals surface area contributed by atoms with Crippen LogP contribution in [0.5, 0.6) is 0 Å². The molecule has 0 aromatic heterocycles. The summed E-state index contributed by atoms with van der Waals surface area (Å²) in [5, 5.41) is 0. The topological polar surface area (TPSA) is 12.4 Å². The van der Waals surface area contributed by atoms with E-state index in [9.17, 15) is 0 Å². The summed E-state index contributed by atoms with van der Waals surface area (Å²) in [7, 11) is 0. The molecule has 0 amide bonds. The molecule has 0 radical (unpaired) electrons. The number of nitrogens with zero attached hydrogens (tertiary/aromatic N) is 1. The summed E-state index contributed by atoms with van der Waals surface area (Å²) < 4.78 is 0. The number of hydrogen-bond acceptors (Lipinski definition) is 1. The average Bonchev–Trinajstić information content (AvgIpc) is 2.69. The Hall–Kier alpha value is -2.67. The summed E-state index contributed by atoms with van der Waals surface area (Å²) in [6.45, 7) is 20.4. The van der Waals surface area contributed by atoms with Crippen LogP contribution in [0, 0.1) is 20.8 Å². The van der Waals surface area contributed by atoms with Gasteiger partial charge < -0.3 is 0 Å². The van der Waals surface area contributed by atoms with Gasteiger partial charge in [0.25, 0.3) is 0 Å². The Kier molecular flexibility index (Phi) is 6.79. The van der Waals surface area contributed by atoms with E-state index < -0.39 is 0 Å². The lowest BCUT2D eigenvalue weighted by Crippen LogP contribution is -2.19. The van der Waals surface area contributed by atoms with Gasteiger partial charge in [-0.2, -0.15) is 0 Å². The van der Waals surface area contributed by atoms with E-state index in [1.807, 2.05) is 0 Å². The standard InChI is InChI=1S/C31H39N.H2/c1-21-13-12-14-22(2)27(21)18-24-15-10-11-16-29(24)32-20-25-17-26(30(4,5)6)19-28(23(25)3)31(7,8)9;/h10-17,19-20H,18H2,1-9H3;1H. The number of para-hydroxylation sites is 1. The minimum atomic E-state index is 0. The van der Waals surface area contributed by atoms with Gasteiger partial charge in [0.1, 0.15) is 0 Å². The molecule has 0 aliphatic carbocycles. The van der Waals surface area contributed by atoms with Gasteiger partial charge in [-0.1, -0.05) is 84.0 Å². The van der Waals surface area contributed by atoms with Gasteiger partial charge in [-0.25, -0.2) is 0 Å². The molecule has 3 aromatic rings. The fourth-order valence-corrected chi connectivity index (χ4v) is 4.33. The predicted molar refractivity (Wildman–Crippen MR) is 143 cm³/mol. The second-order valence-electron chi connectivity index (χ2n) is 11.2. The van der Waals surface area contributed by atoms with E-state index in [1.165, 1.54) is 44.5 Å². The maximum Gasteiger partial charge on any atom is 0.0665 e. The highest BCUT2D eigenvalue weighted by Crippen LogP contribution is 2.33. The molecule has 0 atom stereocenters. The third-order valence-corrected chi connectivity index (χ3v) is 6.47. The summed E-state index contributed by atoms with van der Waals surface area (Å²) in [6.07, 6.45) is 2.98. The molecular formula is C31H41N. The van der Waals surface area contributed by atoms with Gasteiger partial charge in [0, 0.05) is 14.1 Å². The van der Waals surface area contributed by atoms with Crippen LogP contribution in [0.2, 0.25) is 0 Å². The number of rotatable bonds is 4. The molecule has 0 unspecified atom stereocenters. The normalized spacial score (nSPS) is 12.5. The maximum absolute atomic E-state index is 5.01. The van der Waals surface area contributed by atoms with Crippen molar-refractivity contribution in [3.05, 3.63) is 99.1 Å². The lowest BCUT2D eigenvalue weighted by molar-refractivity contribution is 0.565. The van der Waals surface area contributed by atoms with Crippen molar-refractivity contribution in [2.24, 2.45) is 4.99 Å². The van der Waals surface area contributed by atoms with Crippen LogP contribution in [-0.2, 0) is 17.3 Å². The zero-order valence-corrected chi connectivity index (χ0v) is 21.4. The minimum Gasteiger partial charge on any atom is -0.256 e. The van der Waals surface area contributed by atoms with Crippen LogP contribution in [0.25, 0.3) is 0 Å². The van der Waals surface area contributed by atoms with E-state index in [0.29, 0.717) is 0 Å². The van der Waals surface area contributed by atoms with Crippen molar-refractivity contribution < 1.29 is 1.43 Å². The molecule has 3 rings (SSSR count). The van der Waals surface area contributed by atoms with Gasteiger partial charge in [-0.3, -0.25) is 4.99 Å². The Labute approximate surface area is 197 Å². The Morgan fingerprint density at radius 3 is 2.00 bits per heavy atom. The number of benzene rings is 3. The molecule has 170 valence electrons.